The van der Waals surface area contributed by atoms with Gasteiger partial charge in [-0.3, -0.25) is 4.57 Å². The number of hydrogen-bond donors (Lipinski definition) is 1. The van der Waals surface area contributed by atoms with Crippen LogP contribution in [-0.4, -0.2) is 40.6 Å². The second kappa shape index (κ2) is 9.56. The highest BCUT2D eigenvalue weighted by Crippen LogP contribution is 2.23. The minimum Gasteiger partial charge on any atom is -0.465 e. The maximum absolute atomic E-state index is 12.7. The number of para-hydroxylation sites is 2. The molecule has 1 N–H and O–H groups in total. The smallest absolute Gasteiger partial charge is 0.337 e. The average Bonchev–Trinajstić information content (AvgIpc) is 3.30. The molecular weight excluding hydrogens is 416 g/mol. The number of imidazole rings is 1. The van der Waals surface area contributed by atoms with Crippen molar-refractivity contribution in [2.75, 3.05) is 14.2 Å². The van der Waals surface area contributed by atoms with Crippen molar-refractivity contribution in [3.63, 3.8) is 0 Å². The number of esters is 1. The minimum absolute atomic E-state index is 0.111. The summed E-state index contributed by atoms with van der Waals surface area (Å²) in [6, 6.07) is 22.8. The monoisotopic (exact) mass is 442 g/mol. The van der Waals surface area contributed by atoms with Gasteiger partial charge in [-0.05, 0) is 54.4 Å². The van der Waals surface area contributed by atoms with Crippen LogP contribution in [0, 0.1) is 0 Å². The van der Waals surface area contributed by atoms with E-state index in [0.717, 1.165) is 27.8 Å². The molecule has 0 saturated carbocycles. The van der Waals surface area contributed by atoms with Gasteiger partial charge in [0.05, 0.1) is 29.7 Å². The van der Waals surface area contributed by atoms with Crippen LogP contribution in [-0.2, 0) is 11.3 Å². The number of urea groups is 1. The van der Waals surface area contributed by atoms with Gasteiger partial charge in [0.1, 0.15) is 6.33 Å². The Hall–Kier alpha value is -4.13. The molecule has 0 aliphatic carbocycles. The molecular formula is C26H26N4O3. The highest BCUT2D eigenvalue weighted by molar-refractivity contribution is 5.89. The zero-order valence-electron chi connectivity index (χ0n) is 18.9. The molecule has 3 aromatic carbocycles. The molecule has 0 saturated heterocycles. The summed E-state index contributed by atoms with van der Waals surface area (Å²) in [6.45, 7) is 2.36. The Balaban J connectivity index is 1.38. The predicted octanol–water partition coefficient (Wildman–Crippen LogP) is 4.71. The summed E-state index contributed by atoms with van der Waals surface area (Å²) >= 11 is 0. The second-order valence-corrected chi connectivity index (χ2v) is 7.83. The van der Waals surface area contributed by atoms with Crippen molar-refractivity contribution in [1.82, 2.24) is 19.8 Å². The molecule has 0 spiro atoms. The molecule has 4 rings (SSSR count). The second-order valence-electron chi connectivity index (χ2n) is 7.83. The molecule has 33 heavy (non-hydrogen) atoms. The average molecular weight is 443 g/mol. The molecule has 4 aromatic rings. The number of ether oxygens (including phenoxy) is 1. The topological polar surface area (TPSA) is 76.5 Å². The molecule has 7 heteroatoms. The van der Waals surface area contributed by atoms with Gasteiger partial charge in [-0.1, -0.05) is 36.4 Å². The van der Waals surface area contributed by atoms with Crippen molar-refractivity contribution in [2.45, 2.75) is 19.5 Å². The van der Waals surface area contributed by atoms with Gasteiger partial charge in [0.25, 0.3) is 0 Å². The molecule has 1 aromatic heterocycles. The van der Waals surface area contributed by atoms with E-state index in [2.05, 4.69) is 10.3 Å². The molecule has 0 fully saturated rings. The fourth-order valence-electron chi connectivity index (χ4n) is 3.66. The summed E-state index contributed by atoms with van der Waals surface area (Å²) in [5, 5.41) is 2.92. The number of nitrogens with one attached hydrogen (secondary N) is 1. The van der Waals surface area contributed by atoms with E-state index < -0.39 is 0 Å². The summed E-state index contributed by atoms with van der Waals surface area (Å²) in [4.78, 5) is 30.3. The zero-order chi connectivity index (χ0) is 23.4. The maximum Gasteiger partial charge on any atom is 0.337 e. The lowest BCUT2D eigenvalue weighted by Crippen LogP contribution is -2.38. The fourth-order valence-corrected chi connectivity index (χ4v) is 3.66. The van der Waals surface area contributed by atoms with Crippen molar-refractivity contribution in [3.8, 4) is 5.69 Å². The largest absolute Gasteiger partial charge is 0.465 e. The molecule has 0 radical (unpaired) electrons. The van der Waals surface area contributed by atoms with Crippen molar-refractivity contribution in [3.05, 3.63) is 95.8 Å². The standard InChI is InChI=1S/C26H26N4O3/c1-18(29(2)26(32)27-16-19-8-10-21(11-9-19)25(31)33-3)20-12-14-22(15-13-20)30-17-28-23-6-4-5-7-24(23)30/h4-15,17-18H,16H2,1-3H3,(H,27,32). The molecule has 168 valence electrons. The van der Waals surface area contributed by atoms with Gasteiger partial charge in [0, 0.05) is 19.3 Å². The van der Waals surface area contributed by atoms with Crippen LogP contribution in [0.5, 0.6) is 0 Å². The molecule has 1 unspecified atom stereocenters. The number of rotatable bonds is 6. The Morgan fingerprint density at radius 2 is 1.73 bits per heavy atom. The Morgan fingerprint density at radius 1 is 1.03 bits per heavy atom. The minimum atomic E-state index is -0.383. The SMILES string of the molecule is COC(=O)c1ccc(CNC(=O)N(C)C(C)c2ccc(-n3cnc4ccccc43)cc2)cc1. The Bertz CT molecular complexity index is 1260. The van der Waals surface area contributed by atoms with Gasteiger partial charge >= 0.3 is 12.0 Å². The summed E-state index contributed by atoms with van der Waals surface area (Å²) in [5.41, 5.74) is 5.42. The number of benzene rings is 3. The predicted molar refractivity (Wildman–Crippen MR) is 127 cm³/mol. The van der Waals surface area contributed by atoms with Gasteiger partial charge in [-0.2, -0.15) is 0 Å². The molecule has 2 amide bonds. The van der Waals surface area contributed by atoms with E-state index in [-0.39, 0.29) is 18.0 Å². The van der Waals surface area contributed by atoms with Crippen LogP contribution in [0.2, 0.25) is 0 Å². The normalized spacial score (nSPS) is 11.7. The third kappa shape index (κ3) is 4.72. The number of nitrogens with zero attached hydrogens (tertiary/aromatic N) is 3. The van der Waals surface area contributed by atoms with E-state index in [9.17, 15) is 9.59 Å². The molecule has 0 aliphatic rings. The highest BCUT2D eigenvalue weighted by atomic mass is 16.5. The number of hydrogen-bond acceptors (Lipinski definition) is 4. The summed E-state index contributed by atoms with van der Waals surface area (Å²) in [7, 11) is 3.12. The number of methoxy groups -OCH3 is 1. The van der Waals surface area contributed by atoms with Crippen molar-refractivity contribution in [1.29, 1.82) is 0 Å². The Morgan fingerprint density at radius 3 is 2.42 bits per heavy atom. The Labute approximate surface area is 192 Å². The number of carbonyl (C=O) groups excluding carboxylic acids is 2. The van der Waals surface area contributed by atoms with Crippen LogP contribution in [0.25, 0.3) is 16.7 Å². The Kier molecular flexibility index (Phi) is 6.40. The first-order chi connectivity index (χ1) is 16.0. The molecule has 0 bridgehead atoms. The van der Waals surface area contributed by atoms with Gasteiger partial charge < -0.3 is 15.0 Å². The lowest BCUT2D eigenvalue weighted by molar-refractivity contribution is 0.0600. The third-order valence-corrected chi connectivity index (χ3v) is 5.83. The van der Waals surface area contributed by atoms with Crippen molar-refractivity contribution < 1.29 is 14.3 Å². The van der Waals surface area contributed by atoms with Crippen LogP contribution in [0.1, 0.15) is 34.5 Å². The lowest BCUT2D eigenvalue weighted by Gasteiger charge is -2.26. The van der Waals surface area contributed by atoms with Crippen LogP contribution in [0.3, 0.4) is 0 Å². The van der Waals surface area contributed by atoms with Gasteiger partial charge in [-0.15, -0.1) is 0 Å². The van der Waals surface area contributed by atoms with Crippen LogP contribution >= 0.6 is 0 Å². The van der Waals surface area contributed by atoms with E-state index in [0.29, 0.717) is 12.1 Å². The first kappa shape index (κ1) is 22.1. The van der Waals surface area contributed by atoms with Gasteiger partial charge in [-0.25, -0.2) is 14.6 Å². The van der Waals surface area contributed by atoms with Gasteiger partial charge in [0.15, 0.2) is 0 Å². The van der Waals surface area contributed by atoms with E-state index in [1.54, 1.807) is 36.2 Å². The van der Waals surface area contributed by atoms with E-state index in [4.69, 9.17) is 4.74 Å². The first-order valence-corrected chi connectivity index (χ1v) is 10.7. The first-order valence-electron chi connectivity index (χ1n) is 10.7. The van der Waals surface area contributed by atoms with Crippen LogP contribution in [0.15, 0.2) is 79.1 Å². The van der Waals surface area contributed by atoms with Crippen LogP contribution in [0.4, 0.5) is 4.79 Å². The lowest BCUT2D eigenvalue weighted by atomic mass is 10.1. The quantitative estimate of drug-likeness (QED) is 0.439. The molecule has 7 nitrogen and oxygen atoms in total. The number of carbonyl (C=O) groups is 2. The number of aromatic nitrogens is 2. The molecule has 0 aliphatic heterocycles. The summed E-state index contributed by atoms with van der Waals surface area (Å²) in [5.74, 6) is -0.383. The van der Waals surface area contributed by atoms with E-state index >= 15 is 0 Å². The third-order valence-electron chi connectivity index (χ3n) is 5.83. The van der Waals surface area contributed by atoms with Crippen molar-refractivity contribution >= 4 is 23.0 Å². The number of fused-ring (bicyclic) bond motifs is 1. The van der Waals surface area contributed by atoms with E-state index in [1.165, 1.54) is 7.11 Å². The van der Waals surface area contributed by atoms with Crippen LogP contribution < -0.4 is 5.32 Å². The maximum atomic E-state index is 12.7. The van der Waals surface area contributed by atoms with Gasteiger partial charge in [0.2, 0.25) is 0 Å². The zero-order valence-corrected chi connectivity index (χ0v) is 18.9. The summed E-state index contributed by atoms with van der Waals surface area (Å²) in [6.07, 6.45) is 1.82. The van der Waals surface area contributed by atoms with Crippen molar-refractivity contribution in [2.24, 2.45) is 0 Å². The fraction of sp³-hybridized carbons (Fsp3) is 0.192. The molecule has 1 heterocycles. The van der Waals surface area contributed by atoms with E-state index in [1.807, 2.05) is 66.3 Å². The highest BCUT2D eigenvalue weighted by Gasteiger charge is 2.17. The molecule has 1 atom stereocenters. The number of amides is 2. The summed E-state index contributed by atoms with van der Waals surface area (Å²) < 4.78 is 6.75.